The quantitative estimate of drug-likeness (QED) is 0.0356. The number of anilines is 1. The molecular weight excluding hydrogens is 588 g/mol. The Balaban J connectivity index is 1.50. The summed E-state index contributed by atoms with van der Waals surface area (Å²) in [6.45, 7) is 0.413. The Morgan fingerprint density at radius 3 is 2.66 bits per heavy atom. The molecule has 0 aromatic carbocycles. The van der Waals surface area contributed by atoms with Gasteiger partial charge in [0.2, 0.25) is 5.60 Å². The van der Waals surface area contributed by atoms with Crippen molar-refractivity contribution in [3.63, 3.8) is 0 Å². The number of carboxylic acid groups (broad SMARTS) is 1. The fourth-order valence-corrected chi connectivity index (χ4v) is 5.07. The maximum atomic E-state index is 13.2. The number of guanidine groups is 1. The first-order valence-electron chi connectivity index (χ1n) is 11.8. The lowest BCUT2D eigenvalue weighted by Gasteiger charge is -2.43. The number of hydrogen-bond acceptors (Lipinski definition) is 14. The summed E-state index contributed by atoms with van der Waals surface area (Å²) >= 11 is 0.961. The number of nitrogens with one attached hydrogen (secondary N) is 4. The van der Waals surface area contributed by atoms with E-state index < -0.39 is 51.5 Å². The largest absolute Gasteiger partial charge is 0.478 e. The average Bonchev–Trinajstić information content (AvgIpc) is 3.37. The molecule has 0 spiro atoms. The number of amides is 2. The van der Waals surface area contributed by atoms with Crippen LogP contribution >= 0.6 is 11.3 Å². The van der Waals surface area contributed by atoms with Crippen LogP contribution in [0.1, 0.15) is 24.2 Å². The van der Waals surface area contributed by atoms with Crippen LogP contribution in [0.5, 0.6) is 0 Å². The van der Waals surface area contributed by atoms with Crippen molar-refractivity contribution in [2.45, 2.75) is 43.6 Å². The van der Waals surface area contributed by atoms with E-state index in [0.717, 1.165) is 16.1 Å². The van der Waals surface area contributed by atoms with E-state index in [4.69, 9.17) is 21.7 Å². The van der Waals surface area contributed by atoms with Crippen LogP contribution < -0.4 is 27.4 Å². The summed E-state index contributed by atoms with van der Waals surface area (Å²) in [5.74, 6) is -3.48. The Labute approximate surface area is 235 Å². The number of aromatic nitrogens is 4. The number of carbonyl (C=O) groups is 3. The minimum absolute atomic E-state index is 0.00538. The highest BCUT2D eigenvalue weighted by Gasteiger charge is 2.56. The molecule has 1 aliphatic carbocycles. The van der Waals surface area contributed by atoms with Crippen LogP contribution in [0.15, 0.2) is 16.7 Å². The Hall–Kier alpha value is -4.41. The lowest BCUT2D eigenvalue weighted by atomic mass is 9.98. The van der Waals surface area contributed by atoms with Crippen molar-refractivity contribution in [1.82, 2.24) is 40.2 Å². The number of nitrogen functional groups attached to an aromatic ring is 1. The van der Waals surface area contributed by atoms with Gasteiger partial charge in [-0.15, -0.1) is 11.3 Å². The molecule has 2 aromatic rings. The van der Waals surface area contributed by atoms with Gasteiger partial charge in [0.05, 0.1) is 19.3 Å². The monoisotopic (exact) mass is 614 g/mol. The molecule has 1 saturated carbocycles. The molecule has 2 aromatic heterocycles. The third kappa shape index (κ3) is 6.67. The van der Waals surface area contributed by atoms with E-state index in [1.165, 1.54) is 11.6 Å². The Morgan fingerprint density at radius 1 is 1.34 bits per heavy atom. The number of carbonyl (C=O) groups excluding carboxylic acids is 2. The number of thiazole rings is 1. The van der Waals surface area contributed by atoms with Crippen molar-refractivity contribution in [3.8, 4) is 0 Å². The van der Waals surface area contributed by atoms with E-state index in [-0.39, 0.29) is 47.0 Å². The lowest BCUT2D eigenvalue weighted by Crippen LogP contribution is -2.73. The number of carboxylic acids is 1. The molecule has 20 nitrogen and oxygen atoms in total. The van der Waals surface area contributed by atoms with Gasteiger partial charge in [-0.1, -0.05) is 5.16 Å². The molecule has 41 heavy (non-hydrogen) atoms. The first-order valence-corrected chi connectivity index (χ1v) is 14.1. The van der Waals surface area contributed by atoms with Crippen LogP contribution in [0, 0.1) is 5.41 Å². The molecule has 2 amide bonds. The van der Waals surface area contributed by atoms with E-state index in [1.54, 1.807) is 0 Å². The van der Waals surface area contributed by atoms with Crippen LogP contribution in [-0.2, 0) is 42.6 Å². The lowest BCUT2D eigenvalue weighted by molar-refractivity contribution is -0.153. The van der Waals surface area contributed by atoms with Crippen molar-refractivity contribution >= 4 is 56.2 Å². The number of oxime groups is 1. The zero-order valence-corrected chi connectivity index (χ0v) is 22.7. The van der Waals surface area contributed by atoms with Crippen LogP contribution in [0.3, 0.4) is 0 Å². The SMILES string of the molecule is N=C(NCCN)NCc1cnn(C[C@@H]2[C@H](NC(=O)/C(=N\OC3(C(=O)O)CC3)c3csc(N)n3)C(=O)N2S(=O)(=O)O)n1. The molecule has 3 heterocycles. The summed E-state index contributed by atoms with van der Waals surface area (Å²) in [5, 5.41) is 38.1. The highest BCUT2D eigenvalue weighted by atomic mass is 32.2. The van der Waals surface area contributed by atoms with Gasteiger partial charge in [-0.05, 0) is 0 Å². The van der Waals surface area contributed by atoms with E-state index in [0.29, 0.717) is 18.8 Å². The number of nitrogens with two attached hydrogens (primary N) is 2. The number of nitrogens with zero attached hydrogens (tertiary/aromatic N) is 6. The van der Waals surface area contributed by atoms with Gasteiger partial charge in [0.15, 0.2) is 16.8 Å². The number of rotatable bonds is 13. The molecule has 4 rings (SSSR count). The summed E-state index contributed by atoms with van der Waals surface area (Å²) in [5.41, 5.74) is 9.20. The van der Waals surface area contributed by atoms with Gasteiger partial charge in [-0.25, -0.2) is 14.1 Å². The molecule has 22 heteroatoms. The smallest absolute Gasteiger partial charge is 0.362 e. The van der Waals surface area contributed by atoms with E-state index >= 15 is 0 Å². The summed E-state index contributed by atoms with van der Waals surface area (Å²) in [6, 6.07) is -2.84. The van der Waals surface area contributed by atoms with Crippen molar-refractivity contribution in [3.05, 3.63) is 23.0 Å². The molecule has 2 atom stereocenters. The third-order valence-corrected chi connectivity index (χ3v) is 7.54. The van der Waals surface area contributed by atoms with E-state index in [1.807, 2.05) is 0 Å². The Bertz CT molecular complexity index is 1480. The molecule has 222 valence electrons. The van der Waals surface area contributed by atoms with Crippen molar-refractivity contribution in [2.24, 2.45) is 10.9 Å². The predicted molar refractivity (Wildman–Crippen MR) is 140 cm³/mol. The normalized spacial score (nSPS) is 19.7. The first kappa shape index (κ1) is 29.6. The second kappa shape index (κ2) is 11.6. The highest BCUT2D eigenvalue weighted by Crippen LogP contribution is 2.40. The van der Waals surface area contributed by atoms with Gasteiger partial charge in [-0.3, -0.25) is 19.6 Å². The molecule has 0 unspecified atom stereocenters. The van der Waals surface area contributed by atoms with Crippen molar-refractivity contribution < 1.29 is 37.3 Å². The first-order chi connectivity index (χ1) is 19.3. The molecular formula is C19H26N12O8S2. The van der Waals surface area contributed by atoms with E-state index in [9.17, 15) is 32.5 Å². The van der Waals surface area contributed by atoms with Crippen LogP contribution in [0.2, 0.25) is 0 Å². The molecule has 2 aliphatic rings. The Kier molecular flexibility index (Phi) is 8.37. The van der Waals surface area contributed by atoms with Gasteiger partial charge in [0.25, 0.3) is 11.8 Å². The van der Waals surface area contributed by atoms with Crippen LogP contribution in [0.25, 0.3) is 0 Å². The van der Waals surface area contributed by atoms with E-state index in [2.05, 4.69) is 36.3 Å². The fourth-order valence-electron chi connectivity index (χ4n) is 3.65. The zero-order chi connectivity index (χ0) is 29.9. The Morgan fingerprint density at radius 2 is 2.07 bits per heavy atom. The minimum atomic E-state index is -5.02. The fraction of sp³-hybridized carbons (Fsp3) is 0.474. The van der Waals surface area contributed by atoms with Gasteiger partial charge in [0.1, 0.15) is 23.5 Å². The molecule has 0 radical (unpaired) electrons. The standard InChI is InChI=1S/C19H26N12O8S2/c20-3-4-23-17(21)24-5-9-6-25-30(28-9)7-11-13(15(33)31(11)41(36,37)38)27-14(32)12(10-8-40-18(22)26-10)29-39-19(1-2-19)16(34)35/h6,8,11,13H,1-5,7,20H2,(H2,22,26)(H,27,32)(H,34,35)(H3,21,23,24)(H,36,37,38)/b29-12-/t11-,13+/m1/s1. The van der Waals surface area contributed by atoms with Crippen LogP contribution in [0.4, 0.5) is 5.13 Å². The number of β-lactam (4-membered cyclic amide) rings is 1. The average molecular weight is 615 g/mol. The summed E-state index contributed by atoms with van der Waals surface area (Å²) < 4.78 is 33.6. The topological polar surface area (TPSA) is 306 Å². The zero-order valence-electron chi connectivity index (χ0n) is 21.1. The maximum Gasteiger partial charge on any atom is 0.362 e. The van der Waals surface area contributed by atoms with Crippen LogP contribution in [-0.4, -0.2) is 103 Å². The molecule has 0 bridgehead atoms. The number of hydrogen-bond donors (Lipinski definition) is 8. The third-order valence-electron chi connectivity index (χ3n) is 5.92. The van der Waals surface area contributed by atoms with Gasteiger partial charge >= 0.3 is 16.3 Å². The maximum absolute atomic E-state index is 13.2. The number of aliphatic carboxylic acids is 1. The minimum Gasteiger partial charge on any atom is -0.478 e. The molecule has 1 saturated heterocycles. The molecule has 1 aliphatic heterocycles. The second-order valence-electron chi connectivity index (χ2n) is 8.87. The van der Waals surface area contributed by atoms with Gasteiger partial charge < -0.3 is 37.4 Å². The van der Waals surface area contributed by atoms with Gasteiger partial charge in [-0.2, -0.15) is 23.4 Å². The van der Waals surface area contributed by atoms with Crippen molar-refractivity contribution in [1.29, 1.82) is 5.41 Å². The summed E-state index contributed by atoms with van der Waals surface area (Å²) in [6.07, 6.45) is 1.65. The highest BCUT2D eigenvalue weighted by molar-refractivity contribution is 7.84. The molecule has 10 N–H and O–H groups in total. The van der Waals surface area contributed by atoms with Crippen molar-refractivity contribution in [2.75, 3.05) is 18.8 Å². The van der Waals surface area contributed by atoms with Gasteiger partial charge in [0, 0.05) is 31.3 Å². The summed E-state index contributed by atoms with van der Waals surface area (Å²) in [7, 11) is -5.02. The summed E-state index contributed by atoms with van der Waals surface area (Å²) in [4.78, 5) is 47.4. The second-order valence-corrected chi connectivity index (χ2v) is 11.0. The predicted octanol–water partition coefficient (Wildman–Crippen LogP) is -3.57. The molecule has 2 fully saturated rings.